The van der Waals surface area contributed by atoms with E-state index in [1.807, 2.05) is 0 Å². The first kappa shape index (κ1) is 17.0. The molecule has 0 bridgehead atoms. The smallest absolute Gasteiger partial charge is 0.319 e. The molecule has 0 aromatic heterocycles. The Morgan fingerprint density at radius 2 is 2.23 bits per heavy atom. The molecule has 1 aromatic rings. The van der Waals surface area contributed by atoms with Gasteiger partial charge in [0, 0.05) is 46.7 Å². The Kier molecular flexibility index (Phi) is 5.97. The summed E-state index contributed by atoms with van der Waals surface area (Å²) < 4.78 is 17.2. The Bertz CT molecular complexity index is 548. The summed E-state index contributed by atoms with van der Waals surface area (Å²) in [5.74, 6) is 0.814. The van der Waals surface area contributed by atoms with Gasteiger partial charge < -0.3 is 15.4 Å². The molecular formula is C16H24N2O3S. The number of carbonyl (C=O) groups is 1. The number of amides is 2. The largest absolute Gasteiger partial charge is 0.378 e. The summed E-state index contributed by atoms with van der Waals surface area (Å²) in [5.41, 5.74) is 0.647. The number of hydrogen-bond donors (Lipinski definition) is 2. The maximum atomic E-state index is 12.0. The third kappa shape index (κ3) is 4.55. The summed E-state index contributed by atoms with van der Waals surface area (Å²) >= 11 is 0. The van der Waals surface area contributed by atoms with Crippen molar-refractivity contribution in [2.24, 2.45) is 11.8 Å². The van der Waals surface area contributed by atoms with Crippen LogP contribution in [0, 0.1) is 11.8 Å². The van der Waals surface area contributed by atoms with Gasteiger partial charge in [-0.1, -0.05) is 19.9 Å². The van der Waals surface area contributed by atoms with Gasteiger partial charge in [0.2, 0.25) is 0 Å². The fraction of sp³-hybridized carbons (Fsp3) is 0.562. The van der Waals surface area contributed by atoms with Crippen LogP contribution in [0.3, 0.4) is 0 Å². The molecule has 0 aliphatic carbocycles. The number of hydrogen-bond acceptors (Lipinski definition) is 3. The molecule has 0 unspecified atom stereocenters. The number of nitrogens with one attached hydrogen (secondary N) is 2. The van der Waals surface area contributed by atoms with Crippen LogP contribution in [0.25, 0.3) is 0 Å². The Morgan fingerprint density at radius 3 is 2.91 bits per heavy atom. The predicted molar refractivity (Wildman–Crippen MR) is 88.5 cm³/mol. The van der Waals surface area contributed by atoms with Gasteiger partial charge in [0.1, 0.15) is 0 Å². The molecule has 0 radical (unpaired) electrons. The van der Waals surface area contributed by atoms with Gasteiger partial charge in [0.25, 0.3) is 0 Å². The van der Waals surface area contributed by atoms with Crippen LogP contribution >= 0.6 is 0 Å². The number of rotatable bonds is 5. The molecule has 5 nitrogen and oxygen atoms in total. The molecule has 2 amide bonds. The third-order valence-electron chi connectivity index (χ3n) is 3.87. The lowest BCUT2D eigenvalue weighted by molar-refractivity contribution is 0.0546. The number of anilines is 1. The molecule has 0 spiro atoms. The summed E-state index contributed by atoms with van der Waals surface area (Å²) in [6.07, 6.45) is 2.81. The van der Waals surface area contributed by atoms with Gasteiger partial charge in [-0.15, -0.1) is 0 Å². The molecule has 1 heterocycles. The molecule has 0 saturated carbocycles. The molecule has 3 atom stereocenters. The maximum Gasteiger partial charge on any atom is 0.319 e. The molecule has 122 valence electrons. The minimum atomic E-state index is -1.06. The summed E-state index contributed by atoms with van der Waals surface area (Å²) in [6, 6.07) is 6.83. The molecule has 22 heavy (non-hydrogen) atoms. The normalized spacial score (nSPS) is 22.5. The van der Waals surface area contributed by atoms with Crippen molar-refractivity contribution in [3.8, 4) is 0 Å². The Hall–Kier alpha value is -1.40. The lowest BCUT2D eigenvalue weighted by Crippen LogP contribution is -2.37. The van der Waals surface area contributed by atoms with Gasteiger partial charge in [-0.25, -0.2) is 4.79 Å². The molecule has 2 N–H and O–H groups in total. The van der Waals surface area contributed by atoms with Gasteiger partial charge in [-0.05, 0) is 30.5 Å². The Morgan fingerprint density at radius 1 is 1.45 bits per heavy atom. The van der Waals surface area contributed by atoms with Crippen molar-refractivity contribution in [1.82, 2.24) is 5.32 Å². The van der Waals surface area contributed by atoms with Crippen molar-refractivity contribution in [3.63, 3.8) is 0 Å². The highest BCUT2D eigenvalue weighted by molar-refractivity contribution is 7.84. The molecular weight excluding hydrogens is 300 g/mol. The standard InChI is InChI=1S/C16H24N2O3S/c1-11(2)15-12(7-8-21-15)10-17-16(19)18-13-5-4-6-14(9-13)22(3)20/h4-6,9,11-12,15H,7-8,10H2,1-3H3,(H2,17,18,19)/t12-,15-,22-/m0/s1. The zero-order chi connectivity index (χ0) is 16.1. The summed E-state index contributed by atoms with van der Waals surface area (Å²) in [6.45, 7) is 5.65. The first-order chi connectivity index (χ1) is 10.5. The molecule has 1 aliphatic heterocycles. The minimum absolute atomic E-state index is 0.214. The number of ether oxygens (including phenoxy) is 1. The fourth-order valence-electron chi connectivity index (χ4n) is 2.76. The van der Waals surface area contributed by atoms with Crippen molar-refractivity contribution in [2.45, 2.75) is 31.3 Å². The predicted octanol–water partition coefficient (Wildman–Crippen LogP) is 2.61. The highest BCUT2D eigenvalue weighted by Gasteiger charge is 2.30. The lowest BCUT2D eigenvalue weighted by atomic mass is 9.93. The minimum Gasteiger partial charge on any atom is -0.378 e. The molecule has 6 heteroatoms. The van der Waals surface area contributed by atoms with E-state index in [2.05, 4.69) is 24.5 Å². The summed E-state index contributed by atoms with van der Waals surface area (Å²) in [7, 11) is -1.06. The SMILES string of the molecule is CC(C)[C@@H]1OCC[C@H]1CNC(=O)Nc1cccc([S@](C)=O)c1. The lowest BCUT2D eigenvalue weighted by Gasteiger charge is -2.22. The van der Waals surface area contributed by atoms with Crippen LogP contribution in [0.4, 0.5) is 10.5 Å². The van der Waals surface area contributed by atoms with Crippen LogP contribution in [-0.4, -0.2) is 35.8 Å². The second-order valence-electron chi connectivity index (χ2n) is 5.95. The van der Waals surface area contributed by atoms with Crippen LogP contribution in [0.1, 0.15) is 20.3 Å². The molecule has 1 fully saturated rings. The van der Waals surface area contributed by atoms with E-state index in [9.17, 15) is 9.00 Å². The number of benzene rings is 1. The summed E-state index contributed by atoms with van der Waals surface area (Å²) in [5, 5.41) is 5.68. The fourth-order valence-corrected chi connectivity index (χ4v) is 3.33. The van der Waals surface area contributed by atoms with Crippen LogP contribution in [0.2, 0.25) is 0 Å². The van der Waals surface area contributed by atoms with E-state index in [1.54, 1.807) is 30.5 Å². The number of carbonyl (C=O) groups excluding carboxylic acids is 1. The van der Waals surface area contributed by atoms with E-state index in [1.165, 1.54) is 0 Å². The van der Waals surface area contributed by atoms with E-state index in [0.29, 0.717) is 29.0 Å². The van der Waals surface area contributed by atoms with Gasteiger partial charge in [0.05, 0.1) is 6.10 Å². The third-order valence-corrected chi connectivity index (χ3v) is 4.79. The van der Waals surface area contributed by atoms with E-state index in [4.69, 9.17) is 4.74 Å². The summed E-state index contributed by atoms with van der Waals surface area (Å²) in [4.78, 5) is 12.7. The maximum absolute atomic E-state index is 12.0. The monoisotopic (exact) mass is 324 g/mol. The average molecular weight is 324 g/mol. The first-order valence-corrected chi connectivity index (χ1v) is 9.13. The molecule has 2 rings (SSSR count). The zero-order valence-corrected chi connectivity index (χ0v) is 14.1. The molecule has 1 saturated heterocycles. The van der Waals surface area contributed by atoms with E-state index < -0.39 is 10.8 Å². The van der Waals surface area contributed by atoms with Crippen molar-refractivity contribution in [3.05, 3.63) is 24.3 Å². The highest BCUT2D eigenvalue weighted by atomic mass is 32.2. The van der Waals surface area contributed by atoms with Gasteiger partial charge in [-0.2, -0.15) is 0 Å². The molecule has 1 aromatic carbocycles. The van der Waals surface area contributed by atoms with E-state index >= 15 is 0 Å². The second-order valence-corrected chi connectivity index (χ2v) is 7.32. The van der Waals surface area contributed by atoms with Crippen LogP contribution in [0.5, 0.6) is 0 Å². The Balaban J connectivity index is 1.85. The zero-order valence-electron chi connectivity index (χ0n) is 13.3. The van der Waals surface area contributed by atoms with Gasteiger partial charge in [0.15, 0.2) is 0 Å². The topological polar surface area (TPSA) is 67.4 Å². The van der Waals surface area contributed by atoms with E-state index in [0.717, 1.165) is 13.0 Å². The average Bonchev–Trinajstić information content (AvgIpc) is 2.94. The second kappa shape index (κ2) is 7.74. The molecule has 1 aliphatic rings. The van der Waals surface area contributed by atoms with Crippen molar-refractivity contribution in [1.29, 1.82) is 0 Å². The first-order valence-electron chi connectivity index (χ1n) is 7.57. The van der Waals surface area contributed by atoms with Crippen molar-refractivity contribution < 1.29 is 13.7 Å². The van der Waals surface area contributed by atoms with Gasteiger partial charge >= 0.3 is 6.03 Å². The van der Waals surface area contributed by atoms with Crippen molar-refractivity contribution >= 4 is 22.5 Å². The highest BCUT2D eigenvalue weighted by Crippen LogP contribution is 2.26. The quantitative estimate of drug-likeness (QED) is 0.875. The van der Waals surface area contributed by atoms with Crippen molar-refractivity contribution in [2.75, 3.05) is 24.7 Å². The van der Waals surface area contributed by atoms with Crippen LogP contribution < -0.4 is 10.6 Å². The number of urea groups is 1. The van der Waals surface area contributed by atoms with E-state index in [-0.39, 0.29) is 12.1 Å². The Labute approximate surface area is 134 Å². The van der Waals surface area contributed by atoms with Crippen LogP contribution in [-0.2, 0) is 15.5 Å². The van der Waals surface area contributed by atoms with Gasteiger partial charge in [-0.3, -0.25) is 4.21 Å². The van der Waals surface area contributed by atoms with Crippen LogP contribution in [0.15, 0.2) is 29.2 Å².